The van der Waals surface area contributed by atoms with Crippen molar-refractivity contribution in [2.45, 2.75) is 36.8 Å². The van der Waals surface area contributed by atoms with Gasteiger partial charge < -0.3 is 15.2 Å². The van der Waals surface area contributed by atoms with Gasteiger partial charge in [-0.1, -0.05) is 12.1 Å². The molecule has 162 valence electrons. The number of rotatable bonds is 9. The fraction of sp³-hybridized carbons (Fsp3) is 0.350. The second-order valence-corrected chi connectivity index (χ2v) is 8.99. The second kappa shape index (κ2) is 9.49. The van der Waals surface area contributed by atoms with Crippen LogP contribution < -0.4 is 15.2 Å². The van der Waals surface area contributed by atoms with E-state index in [1.165, 1.54) is 24.3 Å². The summed E-state index contributed by atoms with van der Waals surface area (Å²) in [4.78, 5) is -0.309. The predicted octanol–water partition coefficient (Wildman–Crippen LogP) is 1.83. The fourth-order valence-electron chi connectivity index (χ4n) is 2.76. The van der Waals surface area contributed by atoms with Crippen LogP contribution in [0.1, 0.15) is 25.0 Å². The SMILES string of the molecule is CC(C)(Cc1ccc(S(N)(=O)=O)cc1F)NC[C@H](O)COc1cccc(F)c1C#N. The Labute approximate surface area is 174 Å². The molecule has 10 heteroatoms. The fourth-order valence-corrected chi connectivity index (χ4v) is 3.28. The number of nitriles is 1. The zero-order valence-corrected chi connectivity index (χ0v) is 17.3. The molecule has 4 N–H and O–H groups in total. The van der Waals surface area contributed by atoms with E-state index in [0.717, 1.165) is 12.1 Å². The second-order valence-electron chi connectivity index (χ2n) is 7.43. The minimum atomic E-state index is -3.99. The third-order valence-electron chi connectivity index (χ3n) is 4.32. The maximum absolute atomic E-state index is 14.2. The molecule has 0 aliphatic rings. The summed E-state index contributed by atoms with van der Waals surface area (Å²) >= 11 is 0. The zero-order valence-electron chi connectivity index (χ0n) is 16.5. The first-order valence-electron chi connectivity index (χ1n) is 8.98. The third-order valence-corrected chi connectivity index (χ3v) is 5.23. The Morgan fingerprint density at radius 1 is 1.27 bits per heavy atom. The van der Waals surface area contributed by atoms with Gasteiger partial charge in [-0.3, -0.25) is 0 Å². The van der Waals surface area contributed by atoms with Crippen molar-refractivity contribution < 1.29 is 27.0 Å². The number of halogens is 2. The summed E-state index contributed by atoms with van der Waals surface area (Å²) in [6.07, 6.45) is -0.770. The normalized spacial score (nSPS) is 13.0. The molecule has 1 atom stereocenters. The van der Waals surface area contributed by atoms with Gasteiger partial charge in [0.1, 0.15) is 41.7 Å². The molecule has 2 aromatic carbocycles. The van der Waals surface area contributed by atoms with E-state index in [9.17, 15) is 22.3 Å². The summed E-state index contributed by atoms with van der Waals surface area (Å²) in [5, 5.41) is 27.2. The zero-order chi connectivity index (χ0) is 22.5. The van der Waals surface area contributed by atoms with Crippen LogP contribution in [0.5, 0.6) is 5.75 Å². The van der Waals surface area contributed by atoms with Gasteiger partial charge in [0.25, 0.3) is 0 Å². The summed E-state index contributed by atoms with van der Waals surface area (Å²) in [5.74, 6) is -1.37. The molecule has 0 bridgehead atoms. The van der Waals surface area contributed by atoms with Gasteiger partial charge in [0.05, 0.1) is 4.90 Å². The van der Waals surface area contributed by atoms with Crippen LogP contribution in [-0.4, -0.2) is 38.3 Å². The Hall–Kier alpha value is -2.58. The largest absolute Gasteiger partial charge is 0.489 e. The lowest BCUT2D eigenvalue weighted by molar-refractivity contribution is 0.0984. The maximum Gasteiger partial charge on any atom is 0.238 e. The van der Waals surface area contributed by atoms with Crippen LogP contribution in [0.15, 0.2) is 41.3 Å². The van der Waals surface area contributed by atoms with Crippen LogP contribution in [0.2, 0.25) is 0 Å². The molecule has 2 aromatic rings. The van der Waals surface area contributed by atoms with E-state index in [1.807, 2.05) is 0 Å². The van der Waals surface area contributed by atoms with Crippen LogP contribution >= 0.6 is 0 Å². The first kappa shape index (κ1) is 23.7. The first-order valence-corrected chi connectivity index (χ1v) is 10.5. The smallest absolute Gasteiger partial charge is 0.238 e. The summed E-state index contributed by atoms with van der Waals surface area (Å²) in [5.41, 5.74) is -0.609. The van der Waals surface area contributed by atoms with E-state index in [2.05, 4.69) is 5.32 Å². The highest BCUT2D eigenvalue weighted by atomic mass is 32.2. The third kappa shape index (κ3) is 6.47. The Kier molecular flexibility index (Phi) is 7.49. The van der Waals surface area contributed by atoms with Crippen molar-refractivity contribution >= 4 is 10.0 Å². The number of hydrogen-bond donors (Lipinski definition) is 3. The van der Waals surface area contributed by atoms with E-state index in [1.54, 1.807) is 19.9 Å². The van der Waals surface area contributed by atoms with E-state index in [-0.39, 0.29) is 41.3 Å². The number of sulfonamides is 1. The predicted molar refractivity (Wildman–Crippen MR) is 106 cm³/mol. The maximum atomic E-state index is 14.2. The molecule has 0 aromatic heterocycles. The summed E-state index contributed by atoms with van der Waals surface area (Å²) in [7, 11) is -3.99. The number of nitrogens with two attached hydrogens (primary N) is 1. The van der Waals surface area contributed by atoms with Gasteiger partial charge >= 0.3 is 0 Å². The van der Waals surface area contributed by atoms with E-state index in [4.69, 9.17) is 15.1 Å². The number of benzene rings is 2. The molecule has 30 heavy (non-hydrogen) atoms. The van der Waals surface area contributed by atoms with Crippen LogP contribution in [0.4, 0.5) is 8.78 Å². The standard InChI is InChI=1S/C20H23F2N3O4S/c1-20(2,9-13-6-7-15(8-18(13)22)30(24,27)28)25-11-14(26)12-29-19-5-3-4-17(21)16(19)10-23/h3-8,14,25-26H,9,11-12H2,1-2H3,(H2,24,27,28)/t14-/m0/s1. The highest BCUT2D eigenvalue weighted by Crippen LogP contribution is 2.21. The number of hydrogen-bond acceptors (Lipinski definition) is 6. The number of aliphatic hydroxyl groups is 1. The molecule has 0 spiro atoms. The van der Waals surface area contributed by atoms with Gasteiger partial charge in [-0.15, -0.1) is 0 Å². The quantitative estimate of drug-likeness (QED) is 0.547. The number of β-amino-alcohol motifs (C(OH)–C–C–N with tert-alkyl or cyclic N) is 1. The molecule has 0 aliphatic heterocycles. The molecule has 0 radical (unpaired) electrons. The molecule has 0 aliphatic carbocycles. The number of ether oxygens (including phenoxy) is 1. The van der Waals surface area contributed by atoms with Crippen LogP contribution in [0.25, 0.3) is 0 Å². The van der Waals surface area contributed by atoms with E-state index >= 15 is 0 Å². The Bertz CT molecular complexity index is 1050. The lowest BCUT2D eigenvalue weighted by atomic mass is 9.94. The van der Waals surface area contributed by atoms with Gasteiger partial charge in [-0.25, -0.2) is 22.3 Å². The lowest BCUT2D eigenvalue weighted by Gasteiger charge is -2.28. The molecule has 0 unspecified atom stereocenters. The highest BCUT2D eigenvalue weighted by Gasteiger charge is 2.22. The van der Waals surface area contributed by atoms with Crippen molar-refractivity contribution in [3.63, 3.8) is 0 Å². The van der Waals surface area contributed by atoms with Gasteiger partial charge in [0.2, 0.25) is 10.0 Å². The van der Waals surface area contributed by atoms with Gasteiger partial charge in [0, 0.05) is 12.1 Å². The Morgan fingerprint density at radius 3 is 2.57 bits per heavy atom. The van der Waals surface area contributed by atoms with Crippen molar-refractivity contribution in [1.29, 1.82) is 5.26 Å². The van der Waals surface area contributed by atoms with E-state index < -0.39 is 33.3 Å². The van der Waals surface area contributed by atoms with Crippen LogP contribution in [0.3, 0.4) is 0 Å². The van der Waals surface area contributed by atoms with Gasteiger partial charge in [-0.05, 0) is 50.1 Å². The van der Waals surface area contributed by atoms with Crippen molar-refractivity contribution in [2.24, 2.45) is 5.14 Å². The van der Waals surface area contributed by atoms with Crippen molar-refractivity contribution in [3.8, 4) is 11.8 Å². The monoisotopic (exact) mass is 439 g/mol. The molecule has 0 heterocycles. The number of nitrogens with zero attached hydrogens (tertiary/aromatic N) is 1. The minimum absolute atomic E-state index is 0.0350. The Balaban J connectivity index is 1.93. The molecule has 7 nitrogen and oxygen atoms in total. The molecule has 0 fully saturated rings. The van der Waals surface area contributed by atoms with Crippen molar-refractivity contribution in [2.75, 3.05) is 13.2 Å². The molecular weight excluding hydrogens is 416 g/mol. The number of aliphatic hydroxyl groups excluding tert-OH is 1. The first-order chi connectivity index (χ1) is 13.9. The average Bonchev–Trinajstić information content (AvgIpc) is 2.65. The molecule has 0 amide bonds. The summed E-state index contributed by atoms with van der Waals surface area (Å²) in [6.45, 7) is 3.47. The minimum Gasteiger partial charge on any atom is -0.489 e. The number of primary sulfonamides is 1. The van der Waals surface area contributed by atoms with Crippen LogP contribution in [0, 0.1) is 23.0 Å². The average molecular weight is 439 g/mol. The number of nitrogens with one attached hydrogen (secondary N) is 1. The van der Waals surface area contributed by atoms with Gasteiger partial charge in [-0.2, -0.15) is 5.26 Å². The van der Waals surface area contributed by atoms with Crippen molar-refractivity contribution in [3.05, 3.63) is 59.2 Å². The van der Waals surface area contributed by atoms with Gasteiger partial charge in [0.15, 0.2) is 0 Å². The summed E-state index contributed by atoms with van der Waals surface area (Å²) < 4.78 is 55.8. The molecule has 0 saturated carbocycles. The van der Waals surface area contributed by atoms with E-state index in [0.29, 0.717) is 0 Å². The Morgan fingerprint density at radius 2 is 1.97 bits per heavy atom. The van der Waals surface area contributed by atoms with Crippen LogP contribution in [-0.2, 0) is 16.4 Å². The summed E-state index contributed by atoms with van der Waals surface area (Å²) in [6, 6.07) is 9.14. The molecule has 2 rings (SSSR count). The highest BCUT2D eigenvalue weighted by molar-refractivity contribution is 7.89. The molecule has 0 saturated heterocycles. The van der Waals surface area contributed by atoms with Crippen molar-refractivity contribution in [1.82, 2.24) is 5.32 Å². The lowest BCUT2D eigenvalue weighted by Crippen LogP contribution is -2.46. The topological polar surface area (TPSA) is 125 Å². The molecular formula is C20H23F2N3O4S.